The Morgan fingerprint density at radius 3 is 2.24 bits per heavy atom. The average Bonchev–Trinajstić information content (AvgIpc) is 3.36. The summed E-state index contributed by atoms with van der Waals surface area (Å²) in [6.45, 7) is 7.01. The number of halogens is 1. The number of benzene rings is 2. The van der Waals surface area contributed by atoms with Crippen LogP contribution in [0.4, 0.5) is 15.3 Å². The van der Waals surface area contributed by atoms with Crippen molar-refractivity contribution < 1.29 is 38.6 Å². The van der Waals surface area contributed by atoms with E-state index in [1.54, 1.807) is 34.9 Å². The van der Waals surface area contributed by atoms with Crippen LogP contribution in [0.3, 0.4) is 0 Å². The Morgan fingerprint density at radius 2 is 1.54 bits per heavy atom. The molecule has 292 valence electrons. The van der Waals surface area contributed by atoms with Crippen LogP contribution in [0.2, 0.25) is 0 Å². The van der Waals surface area contributed by atoms with Crippen molar-refractivity contribution in [3.05, 3.63) is 58.1 Å². The summed E-state index contributed by atoms with van der Waals surface area (Å²) in [5, 5.41) is 13.1. The molecule has 4 heterocycles. The summed E-state index contributed by atoms with van der Waals surface area (Å²) in [4.78, 5) is 74.6. The molecule has 0 aliphatic carbocycles. The molecule has 0 bridgehead atoms. The van der Waals surface area contributed by atoms with Crippen molar-refractivity contribution in [2.75, 3.05) is 70.8 Å². The molecule has 15 heteroatoms. The van der Waals surface area contributed by atoms with Crippen LogP contribution in [-0.2, 0) is 36.7 Å². The highest BCUT2D eigenvalue weighted by Gasteiger charge is 2.37. The predicted octanol–water partition coefficient (Wildman–Crippen LogP) is 4.24. The Bertz CT molecular complexity index is 1670. The number of esters is 1. The van der Waals surface area contributed by atoms with Crippen molar-refractivity contribution in [1.82, 2.24) is 24.5 Å². The van der Waals surface area contributed by atoms with Gasteiger partial charge in [0.2, 0.25) is 5.91 Å². The summed E-state index contributed by atoms with van der Waals surface area (Å²) in [6, 6.07) is 13.0. The van der Waals surface area contributed by atoms with E-state index in [1.807, 2.05) is 34.1 Å². The number of anilines is 1. The first-order valence-corrected chi connectivity index (χ1v) is 19.9. The first-order valence-electron chi connectivity index (χ1n) is 19.1. The van der Waals surface area contributed by atoms with E-state index in [0.29, 0.717) is 82.8 Å². The molecule has 5 amide bonds. The Balaban J connectivity index is 1.01. The number of carbonyl (C=O) groups is 5. The van der Waals surface area contributed by atoms with E-state index in [-0.39, 0.29) is 60.9 Å². The highest BCUT2D eigenvalue weighted by atomic mass is 79.9. The number of amides is 5. The third-order valence-corrected chi connectivity index (χ3v) is 11.7. The standard InChI is InChI=1S/C39H51BrN6O8/c1-2-53-36(49)10-9-35(48)43-16-12-29(13-17-43)42-21-23-44(24-22-42)37(50)34(26-27-7-8-33(47)31(40)25-27)54-39(52)45-18-14-30(15-19-45)46-20-11-28-5-3-4-6-32(28)41-38(46)51/h3-8,25,29-30,34,47H,2,9-24,26H2,1H3,(H,41,51). The Hall–Kier alpha value is -4.37. The Kier molecular flexibility index (Phi) is 13.3. The van der Waals surface area contributed by atoms with Crippen molar-refractivity contribution in [2.45, 2.75) is 76.5 Å². The van der Waals surface area contributed by atoms with Crippen molar-refractivity contribution in [3.63, 3.8) is 0 Å². The zero-order chi connectivity index (χ0) is 38.2. The fourth-order valence-electron chi connectivity index (χ4n) is 7.96. The van der Waals surface area contributed by atoms with Crippen LogP contribution in [0.1, 0.15) is 56.6 Å². The number of phenols is 1. The molecule has 3 fully saturated rings. The number of phenolic OH excluding ortho intramolecular Hbond substituents is 1. The monoisotopic (exact) mass is 810 g/mol. The summed E-state index contributed by atoms with van der Waals surface area (Å²) >= 11 is 3.35. The minimum absolute atomic E-state index is 0.0181. The Morgan fingerprint density at radius 1 is 0.852 bits per heavy atom. The fraction of sp³-hybridized carbons (Fsp3) is 0.564. The number of fused-ring (bicyclic) bond motifs is 1. The highest BCUT2D eigenvalue weighted by molar-refractivity contribution is 9.10. The maximum atomic E-state index is 14.1. The molecule has 54 heavy (non-hydrogen) atoms. The van der Waals surface area contributed by atoms with E-state index in [2.05, 4.69) is 26.1 Å². The zero-order valence-electron chi connectivity index (χ0n) is 30.9. The van der Waals surface area contributed by atoms with Crippen LogP contribution in [-0.4, -0.2) is 143 Å². The van der Waals surface area contributed by atoms with Gasteiger partial charge in [-0.15, -0.1) is 0 Å². The molecule has 4 aliphatic rings. The van der Waals surface area contributed by atoms with Gasteiger partial charge in [-0.2, -0.15) is 0 Å². The van der Waals surface area contributed by atoms with Crippen molar-refractivity contribution >= 4 is 51.5 Å². The van der Waals surface area contributed by atoms with E-state index < -0.39 is 12.2 Å². The number of nitrogens with zero attached hydrogens (tertiary/aromatic N) is 5. The molecule has 0 radical (unpaired) electrons. The molecular formula is C39H51BrN6O8. The lowest BCUT2D eigenvalue weighted by Gasteiger charge is -2.43. The number of urea groups is 1. The van der Waals surface area contributed by atoms with Gasteiger partial charge in [-0.25, -0.2) is 9.59 Å². The van der Waals surface area contributed by atoms with Gasteiger partial charge in [0, 0.05) is 89.5 Å². The number of nitrogens with one attached hydrogen (secondary N) is 1. The SMILES string of the molecule is CCOC(=O)CCC(=O)N1CCC(N2CCN(C(=O)C(Cc3ccc(O)c(Br)c3)OC(=O)N3CCC(N4CCc5ccccc5NC4=O)CC3)CC2)CC1. The number of hydrogen-bond acceptors (Lipinski definition) is 9. The maximum absolute atomic E-state index is 14.1. The lowest BCUT2D eigenvalue weighted by atomic mass is 10.0. The summed E-state index contributed by atoms with van der Waals surface area (Å²) in [7, 11) is 0. The number of hydrogen-bond donors (Lipinski definition) is 2. The number of piperazine rings is 1. The van der Waals surface area contributed by atoms with Gasteiger partial charge in [0.05, 0.1) is 17.5 Å². The lowest BCUT2D eigenvalue weighted by Crippen LogP contribution is -2.57. The fourth-order valence-corrected chi connectivity index (χ4v) is 8.38. The molecule has 4 aliphatic heterocycles. The summed E-state index contributed by atoms with van der Waals surface area (Å²) in [5.74, 6) is -0.567. The van der Waals surface area contributed by atoms with Gasteiger partial charge in [-0.1, -0.05) is 24.3 Å². The number of ether oxygens (including phenoxy) is 2. The predicted molar refractivity (Wildman–Crippen MR) is 204 cm³/mol. The first-order chi connectivity index (χ1) is 26.1. The van der Waals surface area contributed by atoms with Crippen LogP contribution in [0.15, 0.2) is 46.9 Å². The molecule has 0 spiro atoms. The van der Waals surface area contributed by atoms with Gasteiger partial charge in [0.15, 0.2) is 6.10 Å². The second kappa shape index (κ2) is 18.3. The van der Waals surface area contributed by atoms with Gasteiger partial charge in [-0.05, 0) is 84.3 Å². The second-order valence-electron chi connectivity index (χ2n) is 14.4. The number of para-hydroxylation sites is 1. The molecule has 6 rings (SSSR count). The van der Waals surface area contributed by atoms with E-state index in [4.69, 9.17) is 9.47 Å². The molecule has 1 unspecified atom stereocenters. The number of piperidine rings is 2. The van der Waals surface area contributed by atoms with Crippen molar-refractivity contribution in [3.8, 4) is 5.75 Å². The minimum Gasteiger partial charge on any atom is -0.507 e. The second-order valence-corrected chi connectivity index (χ2v) is 15.2. The summed E-state index contributed by atoms with van der Waals surface area (Å²) in [5.41, 5.74) is 2.67. The van der Waals surface area contributed by atoms with Gasteiger partial charge >= 0.3 is 18.1 Å². The Labute approximate surface area is 324 Å². The molecule has 1 atom stereocenters. The van der Waals surface area contributed by atoms with Gasteiger partial charge in [-0.3, -0.25) is 19.3 Å². The largest absolute Gasteiger partial charge is 0.507 e. The molecular weight excluding hydrogens is 760 g/mol. The molecule has 0 aromatic heterocycles. The number of aromatic hydroxyl groups is 1. The number of rotatable bonds is 10. The summed E-state index contributed by atoms with van der Waals surface area (Å²) in [6.07, 6.45) is 2.38. The van der Waals surface area contributed by atoms with E-state index in [0.717, 1.165) is 36.1 Å². The number of carbonyl (C=O) groups excluding carboxylic acids is 5. The quantitative estimate of drug-likeness (QED) is 0.336. The number of likely N-dealkylation sites (tertiary alicyclic amines) is 2. The smallest absolute Gasteiger partial charge is 0.410 e. The van der Waals surface area contributed by atoms with Crippen molar-refractivity contribution in [2.24, 2.45) is 0 Å². The molecule has 14 nitrogen and oxygen atoms in total. The third-order valence-electron chi connectivity index (χ3n) is 11.1. The molecule has 0 saturated carbocycles. The van der Waals surface area contributed by atoms with Gasteiger partial charge < -0.3 is 39.5 Å². The highest BCUT2D eigenvalue weighted by Crippen LogP contribution is 2.28. The molecule has 2 N–H and O–H groups in total. The zero-order valence-corrected chi connectivity index (χ0v) is 32.5. The maximum Gasteiger partial charge on any atom is 0.410 e. The van der Waals surface area contributed by atoms with Crippen LogP contribution < -0.4 is 5.32 Å². The summed E-state index contributed by atoms with van der Waals surface area (Å²) < 4.78 is 11.4. The molecule has 2 aromatic carbocycles. The van der Waals surface area contributed by atoms with Crippen LogP contribution >= 0.6 is 15.9 Å². The van der Waals surface area contributed by atoms with E-state index in [9.17, 15) is 29.1 Å². The van der Waals surface area contributed by atoms with Gasteiger partial charge in [0.1, 0.15) is 5.75 Å². The van der Waals surface area contributed by atoms with E-state index in [1.165, 1.54) is 0 Å². The van der Waals surface area contributed by atoms with E-state index >= 15 is 0 Å². The van der Waals surface area contributed by atoms with Crippen LogP contribution in [0, 0.1) is 0 Å². The average molecular weight is 812 g/mol. The minimum atomic E-state index is -1.06. The van der Waals surface area contributed by atoms with Crippen LogP contribution in [0.5, 0.6) is 5.75 Å². The third kappa shape index (κ3) is 9.83. The van der Waals surface area contributed by atoms with Crippen molar-refractivity contribution in [1.29, 1.82) is 0 Å². The lowest BCUT2D eigenvalue weighted by molar-refractivity contribution is -0.146. The normalized spacial score (nSPS) is 19.4. The van der Waals surface area contributed by atoms with Gasteiger partial charge in [0.25, 0.3) is 5.91 Å². The first kappa shape index (κ1) is 39.3. The molecule has 3 saturated heterocycles. The van der Waals surface area contributed by atoms with Crippen LogP contribution in [0.25, 0.3) is 0 Å². The molecule has 2 aromatic rings. The topological polar surface area (TPSA) is 152 Å².